The van der Waals surface area contributed by atoms with Crippen molar-refractivity contribution in [1.29, 1.82) is 0 Å². The lowest BCUT2D eigenvalue weighted by atomic mass is 10.1. The van der Waals surface area contributed by atoms with Crippen LogP contribution < -0.4 is 4.74 Å². The van der Waals surface area contributed by atoms with Crippen molar-refractivity contribution in [2.24, 2.45) is 0 Å². The van der Waals surface area contributed by atoms with Crippen molar-refractivity contribution in [3.8, 4) is 33.5 Å². The number of nitrogens with zero attached hydrogens (tertiary/aromatic N) is 3. The van der Waals surface area contributed by atoms with Crippen LogP contribution in [0, 0.1) is 10.1 Å². The lowest BCUT2D eigenvalue weighted by Crippen LogP contribution is -2.05. The number of hydrogen-bond donors (Lipinski definition) is 0. The Labute approximate surface area is 177 Å². The molecule has 2 aromatic heterocycles. The van der Waals surface area contributed by atoms with Crippen LogP contribution in [-0.2, 0) is 6.18 Å². The standard InChI is InChI=1S/C21H12F3N3O3S/c22-21(23,24)15-6-9-19(25-11-15)30-17-7-4-13(5-8-17)20-26-18(12-31-20)14-2-1-3-16(10-14)27(28)29/h1-12H. The van der Waals surface area contributed by atoms with Crippen LogP contribution in [0.3, 0.4) is 0 Å². The van der Waals surface area contributed by atoms with Gasteiger partial charge < -0.3 is 4.74 Å². The van der Waals surface area contributed by atoms with Gasteiger partial charge in [0.2, 0.25) is 5.88 Å². The van der Waals surface area contributed by atoms with Gasteiger partial charge in [-0.1, -0.05) is 12.1 Å². The number of rotatable bonds is 5. The summed E-state index contributed by atoms with van der Waals surface area (Å²) in [6, 6.07) is 15.1. The van der Waals surface area contributed by atoms with E-state index in [1.165, 1.54) is 23.5 Å². The first kappa shape index (κ1) is 20.5. The fourth-order valence-corrected chi connectivity index (χ4v) is 3.55. The Balaban J connectivity index is 1.49. The maximum atomic E-state index is 12.6. The molecule has 0 aliphatic heterocycles. The van der Waals surface area contributed by atoms with Crippen molar-refractivity contribution in [2.75, 3.05) is 0 Å². The molecule has 0 radical (unpaired) electrons. The van der Waals surface area contributed by atoms with Crippen molar-refractivity contribution >= 4 is 17.0 Å². The SMILES string of the molecule is O=[N+]([O-])c1cccc(-c2csc(-c3ccc(Oc4ccc(C(F)(F)F)cn4)cc3)n2)c1. The van der Waals surface area contributed by atoms with Gasteiger partial charge in [0.15, 0.2) is 0 Å². The molecule has 156 valence electrons. The van der Waals surface area contributed by atoms with Gasteiger partial charge in [-0.15, -0.1) is 11.3 Å². The molecule has 0 unspecified atom stereocenters. The zero-order chi connectivity index (χ0) is 22.0. The Hall–Kier alpha value is -3.79. The monoisotopic (exact) mass is 443 g/mol. The number of benzene rings is 2. The number of nitro benzene ring substituents is 1. The van der Waals surface area contributed by atoms with E-state index in [1.807, 2.05) is 5.38 Å². The number of hydrogen-bond acceptors (Lipinski definition) is 6. The molecular weight excluding hydrogens is 431 g/mol. The van der Waals surface area contributed by atoms with Gasteiger partial charge >= 0.3 is 6.18 Å². The van der Waals surface area contributed by atoms with Gasteiger partial charge in [-0.3, -0.25) is 10.1 Å². The van der Waals surface area contributed by atoms with Crippen LogP contribution in [0.2, 0.25) is 0 Å². The van der Waals surface area contributed by atoms with Crippen LogP contribution in [0.25, 0.3) is 21.8 Å². The molecule has 0 amide bonds. The third kappa shape index (κ3) is 4.69. The van der Waals surface area contributed by atoms with E-state index in [0.717, 1.165) is 17.7 Å². The van der Waals surface area contributed by atoms with Crippen molar-refractivity contribution < 1.29 is 22.8 Å². The average Bonchev–Trinajstić information content (AvgIpc) is 3.24. The van der Waals surface area contributed by atoms with E-state index in [4.69, 9.17) is 4.74 Å². The van der Waals surface area contributed by atoms with E-state index in [9.17, 15) is 23.3 Å². The third-order valence-corrected chi connectivity index (χ3v) is 5.14. The van der Waals surface area contributed by atoms with Gasteiger partial charge in [-0.2, -0.15) is 13.2 Å². The van der Waals surface area contributed by atoms with Crippen molar-refractivity contribution in [3.63, 3.8) is 0 Å². The van der Waals surface area contributed by atoms with Crippen molar-refractivity contribution in [3.05, 3.63) is 87.9 Å². The van der Waals surface area contributed by atoms with Gasteiger partial charge in [0.1, 0.15) is 10.8 Å². The Morgan fingerprint density at radius 1 is 1.00 bits per heavy atom. The Bertz CT molecular complexity index is 1220. The second kappa shape index (κ2) is 8.15. The average molecular weight is 443 g/mol. The molecule has 2 heterocycles. The van der Waals surface area contributed by atoms with Crippen LogP contribution in [0.5, 0.6) is 11.6 Å². The Morgan fingerprint density at radius 3 is 2.42 bits per heavy atom. The number of pyridine rings is 1. The molecule has 4 aromatic rings. The second-order valence-corrected chi connectivity index (χ2v) is 7.21. The smallest absolute Gasteiger partial charge is 0.417 e. The first-order valence-electron chi connectivity index (χ1n) is 8.81. The molecule has 0 atom stereocenters. The molecule has 2 aromatic carbocycles. The Morgan fingerprint density at radius 2 is 1.77 bits per heavy atom. The first-order valence-corrected chi connectivity index (χ1v) is 9.69. The van der Waals surface area contributed by atoms with E-state index in [0.29, 0.717) is 28.2 Å². The molecule has 0 fully saturated rings. The molecule has 0 N–H and O–H groups in total. The van der Waals surface area contributed by atoms with Crippen LogP contribution in [-0.4, -0.2) is 14.9 Å². The molecule has 0 saturated heterocycles. The number of nitro groups is 1. The quantitative estimate of drug-likeness (QED) is 0.257. The highest BCUT2D eigenvalue weighted by Gasteiger charge is 2.30. The van der Waals surface area contributed by atoms with Crippen molar-refractivity contribution in [1.82, 2.24) is 9.97 Å². The number of halogens is 3. The second-order valence-electron chi connectivity index (χ2n) is 6.35. The van der Waals surface area contributed by atoms with E-state index in [1.54, 1.807) is 36.4 Å². The first-order chi connectivity index (χ1) is 14.8. The molecule has 0 spiro atoms. The maximum Gasteiger partial charge on any atom is 0.417 e. The molecule has 10 heteroatoms. The van der Waals surface area contributed by atoms with Gasteiger partial charge in [-0.05, 0) is 30.3 Å². The number of alkyl halides is 3. The fourth-order valence-electron chi connectivity index (χ4n) is 2.71. The molecular formula is C21H12F3N3O3S. The summed E-state index contributed by atoms with van der Waals surface area (Å²) in [4.78, 5) is 18.7. The highest BCUT2D eigenvalue weighted by atomic mass is 32.1. The molecule has 0 aliphatic carbocycles. The molecule has 0 saturated carbocycles. The molecule has 4 rings (SSSR count). The predicted octanol–water partition coefficient (Wildman–Crippen LogP) is 6.59. The highest BCUT2D eigenvalue weighted by Crippen LogP contribution is 2.33. The summed E-state index contributed by atoms with van der Waals surface area (Å²) in [5.74, 6) is 0.453. The van der Waals surface area contributed by atoms with Crippen LogP contribution in [0.4, 0.5) is 18.9 Å². The molecule has 0 bridgehead atoms. The zero-order valence-electron chi connectivity index (χ0n) is 15.5. The summed E-state index contributed by atoms with van der Waals surface area (Å²) in [5, 5.41) is 13.5. The van der Waals surface area contributed by atoms with E-state index in [2.05, 4.69) is 9.97 Å². The minimum Gasteiger partial charge on any atom is -0.439 e. The van der Waals surface area contributed by atoms with Crippen LogP contribution >= 0.6 is 11.3 Å². The lowest BCUT2D eigenvalue weighted by molar-refractivity contribution is -0.384. The summed E-state index contributed by atoms with van der Waals surface area (Å²) in [5.41, 5.74) is 1.21. The topological polar surface area (TPSA) is 78.2 Å². The molecule has 0 aliphatic rings. The normalized spacial score (nSPS) is 11.3. The van der Waals surface area contributed by atoms with Gasteiger partial charge in [0, 0.05) is 40.9 Å². The highest BCUT2D eigenvalue weighted by molar-refractivity contribution is 7.13. The number of thiazole rings is 1. The van der Waals surface area contributed by atoms with Crippen LogP contribution in [0.15, 0.2) is 72.2 Å². The van der Waals surface area contributed by atoms with E-state index >= 15 is 0 Å². The summed E-state index contributed by atoms with van der Waals surface area (Å²) in [6.07, 6.45) is -3.74. The minimum atomic E-state index is -4.45. The van der Waals surface area contributed by atoms with E-state index in [-0.39, 0.29) is 11.6 Å². The predicted molar refractivity (Wildman–Crippen MR) is 109 cm³/mol. The van der Waals surface area contributed by atoms with Crippen LogP contribution in [0.1, 0.15) is 5.56 Å². The summed E-state index contributed by atoms with van der Waals surface area (Å²) < 4.78 is 43.3. The number of non-ortho nitro benzene ring substituents is 1. The van der Waals surface area contributed by atoms with E-state index < -0.39 is 16.7 Å². The number of aromatic nitrogens is 2. The summed E-state index contributed by atoms with van der Waals surface area (Å²) >= 11 is 1.38. The zero-order valence-corrected chi connectivity index (χ0v) is 16.4. The molecule has 6 nitrogen and oxygen atoms in total. The van der Waals surface area contributed by atoms with Gasteiger partial charge in [0.05, 0.1) is 16.2 Å². The van der Waals surface area contributed by atoms with Gasteiger partial charge in [-0.25, -0.2) is 9.97 Å². The fraction of sp³-hybridized carbons (Fsp3) is 0.0476. The summed E-state index contributed by atoms with van der Waals surface area (Å²) in [6.45, 7) is 0. The van der Waals surface area contributed by atoms with Gasteiger partial charge in [0.25, 0.3) is 5.69 Å². The molecule has 31 heavy (non-hydrogen) atoms. The summed E-state index contributed by atoms with van der Waals surface area (Å²) in [7, 11) is 0. The minimum absolute atomic E-state index is 0.00886. The van der Waals surface area contributed by atoms with Crippen molar-refractivity contribution in [2.45, 2.75) is 6.18 Å². The third-order valence-electron chi connectivity index (χ3n) is 4.24. The lowest BCUT2D eigenvalue weighted by Gasteiger charge is -2.08. The Kier molecular flexibility index (Phi) is 5.38. The largest absolute Gasteiger partial charge is 0.439 e. The number of ether oxygens (including phenoxy) is 1. The maximum absolute atomic E-state index is 12.6.